The minimum absolute atomic E-state index is 0.114. The molecular formula is C20H28O4. The van der Waals surface area contributed by atoms with Crippen molar-refractivity contribution in [2.75, 3.05) is 0 Å². The van der Waals surface area contributed by atoms with E-state index >= 15 is 0 Å². The number of Topliss-reactive ketones (excluding diaryl/α,β-unsaturated/α-hetero) is 1. The highest BCUT2D eigenvalue weighted by Gasteiger charge is 2.66. The molecule has 0 aromatic rings. The molecule has 0 aliphatic heterocycles. The summed E-state index contributed by atoms with van der Waals surface area (Å²) in [6, 6.07) is 0. The second-order valence-corrected chi connectivity index (χ2v) is 8.70. The van der Waals surface area contributed by atoms with E-state index in [1.54, 1.807) is 6.08 Å². The molecule has 1 saturated carbocycles. The average molecular weight is 332 g/mol. The Balaban J connectivity index is 2.28. The lowest BCUT2D eigenvalue weighted by Gasteiger charge is -2.59. The molecule has 6 atom stereocenters. The molecule has 4 aliphatic carbocycles. The van der Waals surface area contributed by atoms with E-state index < -0.39 is 29.0 Å². The summed E-state index contributed by atoms with van der Waals surface area (Å²) in [5, 5.41) is 21.8. The number of ketones is 2. The SMILES string of the molecule is CC(C)C1=C[C@@H]2[C@H]3[C@H](C(C(C)C)=CC(=O)[C@@]3(C)O)[C@H]1C(=O)[C@@]2(C)O. The summed E-state index contributed by atoms with van der Waals surface area (Å²) in [5.41, 5.74) is -1.13. The second-order valence-electron chi connectivity index (χ2n) is 8.70. The minimum atomic E-state index is -1.56. The molecule has 1 fully saturated rings. The third-order valence-corrected chi connectivity index (χ3v) is 6.46. The average Bonchev–Trinajstić information content (AvgIpc) is 2.46. The Labute approximate surface area is 143 Å². The third kappa shape index (κ3) is 2.05. The summed E-state index contributed by atoms with van der Waals surface area (Å²) in [6.45, 7) is 11.2. The van der Waals surface area contributed by atoms with E-state index in [0.717, 1.165) is 11.1 Å². The van der Waals surface area contributed by atoms with Gasteiger partial charge in [0.25, 0.3) is 0 Å². The van der Waals surface area contributed by atoms with Gasteiger partial charge in [0.15, 0.2) is 11.6 Å². The molecule has 0 aromatic carbocycles. The first-order valence-electron chi connectivity index (χ1n) is 8.88. The van der Waals surface area contributed by atoms with E-state index in [9.17, 15) is 19.8 Å². The van der Waals surface area contributed by atoms with Gasteiger partial charge in [-0.15, -0.1) is 0 Å². The van der Waals surface area contributed by atoms with Gasteiger partial charge in [-0.25, -0.2) is 0 Å². The van der Waals surface area contributed by atoms with E-state index in [2.05, 4.69) is 13.8 Å². The molecule has 4 nitrogen and oxygen atoms in total. The summed E-state index contributed by atoms with van der Waals surface area (Å²) in [7, 11) is 0. The topological polar surface area (TPSA) is 74.6 Å². The summed E-state index contributed by atoms with van der Waals surface area (Å²) in [5.74, 6) is -1.86. The number of hydrogen-bond donors (Lipinski definition) is 2. The quantitative estimate of drug-likeness (QED) is 0.761. The fourth-order valence-corrected chi connectivity index (χ4v) is 5.12. The molecule has 0 heterocycles. The summed E-state index contributed by atoms with van der Waals surface area (Å²) >= 11 is 0. The van der Waals surface area contributed by atoms with Crippen LogP contribution in [0.1, 0.15) is 41.5 Å². The molecule has 24 heavy (non-hydrogen) atoms. The van der Waals surface area contributed by atoms with Gasteiger partial charge in [0.1, 0.15) is 11.2 Å². The second kappa shape index (κ2) is 5.12. The van der Waals surface area contributed by atoms with Crippen LogP contribution in [0.3, 0.4) is 0 Å². The van der Waals surface area contributed by atoms with Gasteiger partial charge in [-0.1, -0.05) is 44.9 Å². The molecule has 4 aliphatic rings. The molecule has 2 N–H and O–H groups in total. The van der Waals surface area contributed by atoms with Crippen LogP contribution in [0.5, 0.6) is 0 Å². The highest BCUT2D eigenvalue weighted by atomic mass is 16.3. The summed E-state index contributed by atoms with van der Waals surface area (Å²) in [4.78, 5) is 25.6. The Hall–Kier alpha value is -1.26. The van der Waals surface area contributed by atoms with Gasteiger partial charge < -0.3 is 10.2 Å². The van der Waals surface area contributed by atoms with Crippen molar-refractivity contribution in [1.29, 1.82) is 0 Å². The van der Waals surface area contributed by atoms with E-state index in [4.69, 9.17) is 0 Å². The zero-order chi connectivity index (χ0) is 18.2. The van der Waals surface area contributed by atoms with Crippen LogP contribution in [0.25, 0.3) is 0 Å². The van der Waals surface area contributed by atoms with Gasteiger partial charge in [0, 0.05) is 23.7 Å². The largest absolute Gasteiger partial charge is 0.382 e. The Bertz CT molecular complexity index is 663. The standard InChI is InChI=1S/C20H28O4/c1-9(2)11-7-13-17-15(16(11)18(22)19(13,5)23)12(10(3)4)8-14(21)20(17,6)24/h7-10,13,15-17,23-24H,1-6H3/t13-,15-,16+,17+,19+,20-/m1/s1. The molecule has 2 bridgehead atoms. The molecule has 0 radical (unpaired) electrons. The van der Waals surface area contributed by atoms with Crippen LogP contribution >= 0.6 is 0 Å². The van der Waals surface area contributed by atoms with E-state index in [-0.39, 0.29) is 29.3 Å². The summed E-state index contributed by atoms with van der Waals surface area (Å²) in [6.07, 6.45) is 3.51. The number of carbonyl (C=O) groups is 2. The number of hydrogen-bond acceptors (Lipinski definition) is 4. The smallest absolute Gasteiger partial charge is 0.187 e. The van der Waals surface area contributed by atoms with E-state index in [1.165, 1.54) is 13.8 Å². The normalized spacial score (nSPS) is 44.8. The number of carbonyl (C=O) groups excluding carboxylic acids is 2. The fraction of sp³-hybridized carbons (Fsp3) is 0.700. The first kappa shape index (κ1) is 17.6. The van der Waals surface area contributed by atoms with Crippen molar-refractivity contribution in [3.8, 4) is 0 Å². The minimum Gasteiger partial charge on any atom is -0.382 e. The van der Waals surface area contributed by atoms with Gasteiger partial charge in [-0.2, -0.15) is 0 Å². The maximum absolute atomic E-state index is 13.1. The van der Waals surface area contributed by atoms with Gasteiger partial charge in [0.2, 0.25) is 0 Å². The summed E-state index contributed by atoms with van der Waals surface area (Å²) < 4.78 is 0. The zero-order valence-electron chi connectivity index (χ0n) is 15.3. The van der Waals surface area contributed by atoms with Crippen LogP contribution in [0.15, 0.2) is 23.3 Å². The van der Waals surface area contributed by atoms with Crippen LogP contribution in [-0.4, -0.2) is 33.0 Å². The van der Waals surface area contributed by atoms with Crippen molar-refractivity contribution < 1.29 is 19.8 Å². The number of fused-ring (bicyclic) bond motifs is 1. The van der Waals surface area contributed by atoms with Crippen molar-refractivity contribution in [2.24, 2.45) is 35.5 Å². The molecule has 0 spiro atoms. The monoisotopic (exact) mass is 332 g/mol. The van der Waals surface area contributed by atoms with Crippen LogP contribution in [-0.2, 0) is 9.59 Å². The van der Waals surface area contributed by atoms with Crippen molar-refractivity contribution >= 4 is 11.6 Å². The van der Waals surface area contributed by atoms with Gasteiger partial charge in [-0.3, -0.25) is 9.59 Å². The molecular weight excluding hydrogens is 304 g/mol. The molecule has 0 unspecified atom stereocenters. The molecule has 0 saturated heterocycles. The molecule has 4 rings (SSSR count). The Morgan fingerprint density at radius 1 is 0.958 bits per heavy atom. The first-order chi connectivity index (χ1) is 10.9. The van der Waals surface area contributed by atoms with Crippen LogP contribution in [0.2, 0.25) is 0 Å². The first-order valence-corrected chi connectivity index (χ1v) is 8.88. The third-order valence-electron chi connectivity index (χ3n) is 6.46. The van der Waals surface area contributed by atoms with E-state index in [1.807, 2.05) is 19.9 Å². The maximum Gasteiger partial charge on any atom is 0.187 e. The lowest BCUT2D eigenvalue weighted by atomic mass is 9.45. The van der Waals surface area contributed by atoms with Crippen molar-refractivity contribution in [3.05, 3.63) is 23.3 Å². The Morgan fingerprint density at radius 2 is 1.50 bits per heavy atom. The molecule has 0 amide bonds. The van der Waals surface area contributed by atoms with E-state index in [0.29, 0.717) is 0 Å². The molecule has 132 valence electrons. The predicted molar refractivity (Wildman–Crippen MR) is 91.1 cm³/mol. The highest BCUT2D eigenvalue weighted by Crippen LogP contribution is 2.59. The Kier molecular flexibility index (Phi) is 3.75. The lowest BCUT2D eigenvalue weighted by molar-refractivity contribution is -0.178. The lowest BCUT2D eigenvalue weighted by Crippen LogP contribution is -2.68. The van der Waals surface area contributed by atoms with Crippen molar-refractivity contribution in [3.63, 3.8) is 0 Å². The predicted octanol–water partition coefficient (Wildman–Crippen LogP) is 2.30. The Morgan fingerprint density at radius 3 is 2.00 bits per heavy atom. The van der Waals surface area contributed by atoms with Crippen LogP contribution in [0, 0.1) is 35.5 Å². The molecule has 4 heteroatoms. The zero-order valence-corrected chi connectivity index (χ0v) is 15.3. The van der Waals surface area contributed by atoms with Gasteiger partial charge in [0.05, 0.1) is 0 Å². The van der Waals surface area contributed by atoms with Gasteiger partial charge in [-0.05, 0) is 31.8 Å². The fourth-order valence-electron chi connectivity index (χ4n) is 5.12. The van der Waals surface area contributed by atoms with Crippen molar-refractivity contribution in [1.82, 2.24) is 0 Å². The number of rotatable bonds is 2. The molecule has 0 aromatic heterocycles. The van der Waals surface area contributed by atoms with Crippen LogP contribution in [0.4, 0.5) is 0 Å². The van der Waals surface area contributed by atoms with Crippen LogP contribution < -0.4 is 0 Å². The highest BCUT2D eigenvalue weighted by molar-refractivity contribution is 6.01. The number of aliphatic hydroxyl groups is 2. The maximum atomic E-state index is 13.1. The number of allylic oxidation sites excluding steroid dienone is 2. The van der Waals surface area contributed by atoms with Gasteiger partial charge >= 0.3 is 0 Å². The van der Waals surface area contributed by atoms with Crippen molar-refractivity contribution in [2.45, 2.75) is 52.7 Å².